The van der Waals surface area contributed by atoms with Gasteiger partial charge >= 0.3 is 0 Å². The Labute approximate surface area is 633 Å². The Morgan fingerprint density at radius 3 is 0.944 bits per heavy atom. The number of rotatable bonds is 11. The molecule has 2 nitrogen and oxygen atoms in total. The van der Waals surface area contributed by atoms with Gasteiger partial charge in [0.15, 0.2) is 0 Å². The van der Waals surface area contributed by atoms with E-state index in [1.54, 1.807) is 22.3 Å². The van der Waals surface area contributed by atoms with Crippen LogP contribution in [0.1, 0.15) is 86.5 Å². The Bertz CT molecular complexity index is 5820. The standard InChI is InChI=1S/C52H41NS.C52H43N/c1-2-9-40(10-3-1)53(42-25-26-50-46(32-42)44-11-5-7-16-49(44)54-50)41-23-21-36(22-24-41)35-17-19-37(20-18-35)43-13-8-15-48-51(43)45-12-4-6-14-47(45)52(48)38-28-33-27-34(30-38)31-39(52)29-33;1-3-10-37(11-4-1)39-22-26-45(27-23-39)53(44-12-5-2-6-13-44)46-28-24-40(25-29-46)38-18-20-41(21-19-38)47-15-9-17-50-51(47)48-14-7-8-16-49(48)52(50)42-31-35-30-36(33-42)34-43(52)32-35/h1-26,32-34,38-39H,27-31H2;1-29,35-36,42-43H,30-34H2. The molecule has 10 aliphatic carbocycles. The summed E-state index contributed by atoms with van der Waals surface area (Å²) in [4.78, 5) is 4.72. The molecule has 0 N–H and O–H groups in total. The number of benzene rings is 14. The normalized spacial score (nSPS) is 23.2. The summed E-state index contributed by atoms with van der Waals surface area (Å²) >= 11 is 1.87. The lowest BCUT2D eigenvalue weighted by Gasteiger charge is -2.61. The maximum Gasteiger partial charge on any atom is 0.0468 e. The fourth-order valence-electron chi connectivity index (χ4n) is 23.5. The van der Waals surface area contributed by atoms with Gasteiger partial charge in [0.2, 0.25) is 0 Å². The van der Waals surface area contributed by atoms with Gasteiger partial charge in [-0.25, -0.2) is 0 Å². The molecule has 0 radical (unpaired) electrons. The highest BCUT2D eigenvalue weighted by Crippen LogP contribution is 2.72. The van der Waals surface area contributed by atoms with Crippen LogP contribution in [0.4, 0.5) is 34.1 Å². The molecule has 3 heteroatoms. The number of nitrogens with zero attached hydrogens (tertiary/aromatic N) is 2. The van der Waals surface area contributed by atoms with Crippen LogP contribution in [0.15, 0.2) is 340 Å². The molecule has 8 bridgehead atoms. The predicted molar refractivity (Wildman–Crippen MR) is 449 cm³/mol. The third-order valence-electron chi connectivity index (χ3n) is 27.3. The van der Waals surface area contributed by atoms with Gasteiger partial charge in [0.25, 0.3) is 0 Å². The second kappa shape index (κ2) is 25.3. The molecule has 516 valence electrons. The molecular weight excluding hydrogens is 1310 g/mol. The van der Waals surface area contributed by atoms with E-state index in [1.807, 2.05) is 11.3 Å². The third-order valence-corrected chi connectivity index (χ3v) is 28.5. The van der Waals surface area contributed by atoms with E-state index in [2.05, 4.69) is 350 Å². The molecule has 2 spiro atoms. The monoisotopic (exact) mass is 1390 g/mol. The van der Waals surface area contributed by atoms with Crippen molar-refractivity contribution in [2.24, 2.45) is 47.3 Å². The van der Waals surface area contributed by atoms with Crippen LogP contribution in [0, 0.1) is 47.3 Å². The first-order valence-electron chi connectivity index (χ1n) is 39.6. The molecule has 1 aromatic heterocycles. The number of hydrogen-bond acceptors (Lipinski definition) is 3. The number of anilines is 6. The van der Waals surface area contributed by atoms with Gasteiger partial charge in [0.05, 0.1) is 0 Å². The molecule has 0 aliphatic heterocycles. The van der Waals surface area contributed by atoms with Gasteiger partial charge in [-0.2, -0.15) is 0 Å². The molecule has 107 heavy (non-hydrogen) atoms. The highest BCUT2D eigenvalue weighted by Gasteiger charge is 2.63. The van der Waals surface area contributed by atoms with Crippen LogP contribution in [0.25, 0.3) is 98.1 Å². The summed E-state index contributed by atoms with van der Waals surface area (Å²) < 4.78 is 2.66. The van der Waals surface area contributed by atoms with Crippen molar-refractivity contribution in [1.29, 1.82) is 0 Å². The van der Waals surface area contributed by atoms with E-state index in [4.69, 9.17) is 0 Å². The zero-order valence-electron chi connectivity index (χ0n) is 60.3. The first-order chi connectivity index (χ1) is 53.0. The molecule has 25 rings (SSSR count). The van der Waals surface area contributed by atoms with Gasteiger partial charge < -0.3 is 9.80 Å². The number of hydrogen-bond donors (Lipinski definition) is 0. The predicted octanol–water partition coefficient (Wildman–Crippen LogP) is 28.5. The van der Waals surface area contributed by atoms with Crippen molar-refractivity contribution in [3.05, 3.63) is 362 Å². The zero-order chi connectivity index (χ0) is 70.3. The van der Waals surface area contributed by atoms with Crippen LogP contribution in [0.5, 0.6) is 0 Å². The largest absolute Gasteiger partial charge is 0.311 e. The molecule has 14 aromatic carbocycles. The minimum atomic E-state index is 0.202. The first kappa shape index (κ1) is 63.2. The molecule has 1 heterocycles. The lowest BCUT2D eigenvalue weighted by molar-refractivity contribution is -0.0399. The summed E-state index contributed by atoms with van der Waals surface area (Å²) in [5.74, 6) is 6.96. The summed E-state index contributed by atoms with van der Waals surface area (Å²) in [5, 5.41) is 2.63. The van der Waals surface area contributed by atoms with Crippen molar-refractivity contribution in [2.45, 2.75) is 75.0 Å². The summed E-state index contributed by atoms with van der Waals surface area (Å²) in [6, 6.07) is 127. The molecule has 0 saturated heterocycles. The smallest absolute Gasteiger partial charge is 0.0468 e. The average molecular weight is 1390 g/mol. The van der Waals surface area contributed by atoms with Gasteiger partial charge in [0.1, 0.15) is 0 Å². The van der Waals surface area contributed by atoms with Crippen LogP contribution in [0.3, 0.4) is 0 Å². The Balaban J connectivity index is 0.000000133. The maximum absolute atomic E-state index is 2.51. The topological polar surface area (TPSA) is 6.48 Å². The Kier molecular flexibility index (Phi) is 14.9. The Morgan fingerprint density at radius 2 is 0.514 bits per heavy atom. The molecule has 15 aromatic rings. The zero-order valence-corrected chi connectivity index (χ0v) is 61.1. The van der Waals surface area contributed by atoms with E-state index in [-0.39, 0.29) is 10.8 Å². The third kappa shape index (κ3) is 10.1. The van der Waals surface area contributed by atoms with Gasteiger partial charge in [-0.1, -0.05) is 255 Å². The molecule has 8 saturated carbocycles. The highest BCUT2D eigenvalue weighted by atomic mass is 32.1. The van der Waals surface area contributed by atoms with Crippen LogP contribution < -0.4 is 9.80 Å². The van der Waals surface area contributed by atoms with Gasteiger partial charge in [-0.05, 0) is 297 Å². The fourth-order valence-corrected chi connectivity index (χ4v) is 24.6. The number of fused-ring (bicyclic) bond motifs is 9. The summed E-state index contributed by atoms with van der Waals surface area (Å²) in [5.41, 5.74) is 32.6. The first-order valence-corrected chi connectivity index (χ1v) is 40.4. The molecule has 0 atom stereocenters. The van der Waals surface area contributed by atoms with Gasteiger partial charge in [-0.15, -0.1) is 11.3 Å². The van der Waals surface area contributed by atoms with E-state index in [0.717, 1.165) is 75.8 Å². The fraction of sp³-hybridized carbons (Fsp3) is 0.192. The lowest BCUT2D eigenvalue weighted by atomic mass is 9.43. The van der Waals surface area contributed by atoms with Gasteiger partial charge in [0, 0.05) is 65.1 Å². The summed E-state index contributed by atoms with van der Waals surface area (Å²) in [7, 11) is 0. The van der Waals surface area contributed by atoms with Gasteiger partial charge in [-0.3, -0.25) is 0 Å². The minimum Gasteiger partial charge on any atom is -0.311 e. The van der Waals surface area contributed by atoms with E-state index in [9.17, 15) is 0 Å². The minimum absolute atomic E-state index is 0.202. The van der Waals surface area contributed by atoms with E-state index in [1.165, 1.54) is 168 Å². The van der Waals surface area contributed by atoms with Crippen LogP contribution in [-0.4, -0.2) is 0 Å². The lowest BCUT2D eigenvalue weighted by Crippen LogP contribution is -2.55. The van der Waals surface area contributed by atoms with Crippen LogP contribution in [-0.2, 0) is 10.8 Å². The molecule has 0 unspecified atom stereocenters. The van der Waals surface area contributed by atoms with Crippen molar-refractivity contribution in [3.63, 3.8) is 0 Å². The molecule has 10 aliphatic rings. The summed E-state index contributed by atoms with van der Waals surface area (Å²) in [6.07, 6.45) is 14.3. The molecular formula is C104H84N2S. The van der Waals surface area contributed by atoms with E-state index in [0.29, 0.717) is 0 Å². The molecule has 8 fully saturated rings. The quantitative estimate of drug-likeness (QED) is 0.127. The summed E-state index contributed by atoms with van der Waals surface area (Å²) in [6.45, 7) is 0. The van der Waals surface area contributed by atoms with Crippen LogP contribution in [0.2, 0.25) is 0 Å². The van der Waals surface area contributed by atoms with E-state index >= 15 is 0 Å². The average Bonchev–Trinajstić information content (AvgIpc) is 1.57. The number of thiophene rings is 1. The van der Waals surface area contributed by atoms with Crippen molar-refractivity contribution >= 4 is 65.6 Å². The van der Waals surface area contributed by atoms with Crippen molar-refractivity contribution in [2.75, 3.05) is 9.80 Å². The highest BCUT2D eigenvalue weighted by molar-refractivity contribution is 7.25. The van der Waals surface area contributed by atoms with Crippen molar-refractivity contribution in [1.82, 2.24) is 0 Å². The number of para-hydroxylation sites is 2. The molecule has 0 amide bonds. The Hall–Kier alpha value is -11.1. The van der Waals surface area contributed by atoms with E-state index < -0.39 is 0 Å². The maximum atomic E-state index is 2.51. The SMILES string of the molecule is c1ccc(-c2ccc(N(c3ccccc3)c3ccc(-c4ccc(-c5cccc6c5-c5ccccc5C65C6CC7CC(C6)CC5C7)cc4)cc3)cc2)cc1.c1ccc(N(c2ccc(-c3ccc(-c4cccc5c4-c4ccccc4C54C5CC6CC(C5)CC4C6)cc3)cc2)c2ccc3sc4ccccc4c3c2)cc1. The van der Waals surface area contributed by atoms with Crippen molar-refractivity contribution < 1.29 is 0 Å². The Morgan fingerprint density at radius 1 is 0.215 bits per heavy atom. The second-order valence-electron chi connectivity index (χ2n) is 32.7. The van der Waals surface area contributed by atoms with Crippen LogP contribution >= 0.6 is 11.3 Å². The second-order valence-corrected chi connectivity index (χ2v) is 33.8. The van der Waals surface area contributed by atoms with Crippen molar-refractivity contribution in [3.8, 4) is 77.9 Å².